The van der Waals surface area contributed by atoms with E-state index in [4.69, 9.17) is 4.74 Å². The molecule has 0 fully saturated rings. The Morgan fingerprint density at radius 2 is 1.90 bits per heavy atom. The molecule has 0 aliphatic heterocycles. The van der Waals surface area contributed by atoms with E-state index < -0.39 is 0 Å². The second kappa shape index (κ2) is 7.11. The molecule has 0 spiro atoms. The van der Waals surface area contributed by atoms with Crippen molar-refractivity contribution >= 4 is 10.8 Å². The van der Waals surface area contributed by atoms with Crippen molar-refractivity contribution in [3.05, 3.63) is 54.6 Å². The van der Waals surface area contributed by atoms with Gasteiger partial charge in [-0.3, -0.25) is 0 Å². The van der Waals surface area contributed by atoms with Crippen LogP contribution in [-0.2, 0) is 6.42 Å². The number of ether oxygens (including phenoxy) is 1. The fourth-order valence-corrected chi connectivity index (χ4v) is 2.51. The molecule has 0 aromatic heterocycles. The molecule has 2 nitrogen and oxygen atoms in total. The van der Waals surface area contributed by atoms with Crippen molar-refractivity contribution in [3.63, 3.8) is 0 Å². The predicted molar refractivity (Wildman–Crippen MR) is 84.3 cm³/mol. The summed E-state index contributed by atoms with van der Waals surface area (Å²) in [5, 5.41) is 12.3. The first kappa shape index (κ1) is 14.6. The minimum absolute atomic E-state index is 0.256. The lowest BCUT2D eigenvalue weighted by atomic mass is 9.98. The largest absolute Gasteiger partial charge is 0.496 e. The molecule has 2 aromatic carbocycles. The molecule has 1 atom stereocenters. The molecular formula is C18H22O2. The van der Waals surface area contributed by atoms with Crippen LogP contribution in [0.5, 0.6) is 5.75 Å². The molecule has 2 rings (SSSR count). The van der Waals surface area contributed by atoms with E-state index in [1.165, 1.54) is 10.9 Å². The maximum atomic E-state index is 9.94. The third kappa shape index (κ3) is 3.40. The normalized spacial score (nSPS) is 12.3. The molecule has 0 aliphatic carbocycles. The molecule has 0 bridgehead atoms. The number of rotatable bonds is 7. The summed E-state index contributed by atoms with van der Waals surface area (Å²) in [5.41, 5.74) is 1.26. The van der Waals surface area contributed by atoms with Gasteiger partial charge in [-0.1, -0.05) is 36.4 Å². The number of allylic oxidation sites excluding steroid dienone is 1. The van der Waals surface area contributed by atoms with Gasteiger partial charge >= 0.3 is 0 Å². The second-order valence-corrected chi connectivity index (χ2v) is 5.03. The molecule has 0 aliphatic rings. The quantitative estimate of drug-likeness (QED) is 0.767. The average Bonchev–Trinajstić information content (AvgIpc) is 2.50. The minimum atomic E-state index is -0.256. The van der Waals surface area contributed by atoms with Crippen LogP contribution in [0.2, 0.25) is 0 Å². The van der Waals surface area contributed by atoms with Gasteiger partial charge in [0.15, 0.2) is 0 Å². The summed E-state index contributed by atoms with van der Waals surface area (Å²) >= 11 is 0. The third-order valence-electron chi connectivity index (χ3n) is 3.65. The van der Waals surface area contributed by atoms with Crippen molar-refractivity contribution in [1.29, 1.82) is 0 Å². The predicted octanol–water partition coefficient (Wildman–Crippen LogP) is 4.11. The standard InChI is InChI=1S/C18H22O2/c1-3-4-7-15(19)12-10-14-11-13-18(20-2)17-9-6-5-8-16(14)17/h3,5-6,8-9,11,13,15,19H,1,4,7,10,12H2,2H3. The third-order valence-corrected chi connectivity index (χ3v) is 3.65. The van der Waals surface area contributed by atoms with Crippen LogP contribution >= 0.6 is 0 Å². The van der Waals surface area contributed by atoms with Gasteiger partial charge in [0, 0.05) is 5.39 Å². The topological polar surface area (TPSA) is 29.5 Å². The highest BCUT2D eigenvalue weighted by Crippen LogP contribution is 2.29. The van der Waals surface area contributed by atoms with Gasteiger partial charge in [-0.2, -0.15) is 0 Å². The Kier molecular flexibility index (Phi) is 5.19. The zero-order valence-electron chi connectivity index (χ0n) is 12.0. The van der Waals surface area contributed by atoms with Gasteiger partial charge in [0.1, 0.15) is 5.75 Å². The van der Waals surface area contributed by atoms with Crippen molar-refractivity contribution in [3.8, 4) is 5.75 Å². The van der Waals surface area contributed by atoms with Crippen molar-refractivity contribution in [2.45, 2.75) is 31.8 Å². The van der Waals surface area contributed by atoms with Gasteiger partial charge in [0.25, 0.3) is 0 Å². The summed E-state index contributed by atoms with van der Waals surface area (Å²) in [7, 11) is 1.69. The number of aliphatic hydroxyl groups excluding tert-OH is 1. The molecule has 2 heteroatoms. The lowest BCUT2D eigenvalue weighted by molar-refractivity contribution is 0.156. The van der Waals surface area contributed by atoms with Crippen LogP contribution in [0.4, 0.5) is 0 Å². The van der Waals surface area contributed by atoms with E-state index in [0.29, 0.717) is 0 Å². The molecule has 0 heterocycles. The Labute approximate surface area is 120 Å². The van der Waals surface area contributed by atoms with E-state index in [-0.39, 0.29) is 6.10 Å². The number of fused-ring (bicyclic) bond motifs is 1. The zero-order chi connectivity index (χ0) is 14.4. The fourth-order valence-electron chi connectivity index (χ4n) is 2.51. The Balaban J connectivity index is 2.16. The fraction of sp³-hybridized carbons (Fsp3) is 0.333. The van der Waals surface area contributed by atoms with E-state index in [0.717, 1.165) is 36.8 Å². The van der Waals surface area contributed by atoms with Crippen LogP contribution in [0.25, 0.3) is 10.8 Å². The summed E-state index contributed by atoms with van der Waals surface area (Å²) in [4.78, 5) is 0. The van der Waals surface area contributed by atoms with Gasteiger partial charge in [0.2, 0.25) is 0 Å². The first-order valence-corrected chi connectivity index (χ1v) is 7.10. The average molecular weight is 270 g/mol. The van der Waals surface area contributed by atoms with Crippen molar-refractivity contribution in [2.75, 3.05) is 7.11 Å². The van der Waals surface area contributed by atoms with Crippen molar-refractivity contribution in [2.24, 2.45) is 0 Å². The molecular weight excluding hydrogens is 248 g/mol. The van der Waals surface area contributed by atoms with Gasteiger partial charge in [-0.05, 0) is 42.7 Å². The highest BCUT2D eigenvalue weighted by atomic mass is 16.5. The molecule has 0 amide bonds. The molecule has 2 aromatic rings. The molecule has 0 radical (unpaired) electrons. The number of aryl methyl sites for hydroxylation is 1. The van der Waals surface area contributed by atoms with Crippen LogP contribution < -0.4 is 4.74 Å². The highest BCUT2D eigenvalue weighted by molar-refractivity contribution is 5.91. The number of aliphatic hydroxyl groups is 1. The Morgan fingerprint density at radius 1 is 1.15 bits per heavy atom. The van der Waals surface area contributed by atoms with Crippen LogP contribution in [0.15, 0.2) is 49.1 Å². The summed E-state index contributed by atoms with van der Waals surface area (Å²) < 4.78 is 5.40. The van der Waals surface area contributed by atoms with E-state index in [1.54, 1.807) is 7.11 Å². The lowest BCUT2D eigenvalue weighted by Gasteiger charge is -2.13. The number of methoxy groups -OCH3 is 1. The van der Waals surface area contributed by atoms with E-state index in [2.05, 4.69) is 24.8 Å². The molecule has 20 heavy (non-hydrogen) atoms. The Bertz CT molecular complexity index is 575. The molecule has 0 saturated heterocycles. The molecule has 0 saturated carbocycles. The van der Waals surface area contributed by atoms with Crippen LogP contribution in [0.3, 0.4) is 0 Å². The van der Waals surface area contributed by atoms with Gasteiger partial charge < -0.3 is 9.84 Å². The van der Waals surface area contributed by atoms with Crippen LogP contribution in [-0.4, -0.2) is 18.3 Å². The first-order chi connectivity index (χ1) is 9.76. The minimum Gasteiger partial charge on any atom is -0.496 e. The van der Waals surface area contributed by atoms with Gasteiger partial charge in [0.05, 0.1) is 13.2 Å². The summed E-state index contributed by atoms with van der Waals surface area (Å²) in [6.07, 6.45) is 4.91. The molecule has 1 N–H and O–H groups in total. The first-order valence-electron chi connectivity index (χ1n) is 7.10. The zero-order valence-corrected chi connectivity index (χ0v) is 12.0. The number of benzene rings is 2. The maximum Gasteiger partial charge on any atom is 0.126 e. The smallest absolute Gasteiger partial charge is 0.126 e. The van der Waals surface area contributed by atoms with Crippen molar-refractivity contribution < 1.29 is 9.84 Å². The number of hydrogen-bond acceptors (Lipinski definition) is 2. The number of hydrogen-bond donors (Lipinski definition) is 1. The SMILES string of the molecule is C=CCCC(O)CCc1ccc(OC)c2ccccc12. The molecule has 106 valence electrons. The van der Waals surface area contributed by atoms with E-state index in [9.17, 15) is 5.11 Å². The second-order valence-electron chi connectivity index (χ2n) is 5.03. The monoisotopic (exact) mass is 270 g/mol. The van der Waals surface area contributed by atoms with E-state index >= 15 is 0 Å². The van der Waals surface area contributed by atoms with Crippen molar-refractivity contribution in [1.82, 2.24) is 0 Å². The Morgan fingerprint density at radius 3 is 2.60 bits per heavy atom. The van der Waals surface area contributed by atoms with Gasteiger partial charge in [-0.15, -0.1) is 6.58 Å². The van der Waals surface area contributed by atoms with Crippen LogP contribution in [0.1, 0.15) is 24.8 Å². The van der Waals surface area contributed by atoms with Crippen LogP contribution in [0, 0.1) is 0 Å². The summed E-state index contributed by atoms with van der Waals surface area (Å²) in [6, 6.07) is 12.4. The maximum absolute atomic E-state index is 9.94. The summed E-state index contributed by atoms with van der Waals surface area (Å²) in [5.74, 6) is 0.900. The Hall–Kier alpha value is -1.80. The van der Waals surface area contributed by atoms with E-state index in [1.807, 2.05) is 24.3 Å². The molecule has 1 unspecified atom stereocenters. The lowest BCUT2D eigenvalue weighted by Crippen LogP contribution is -2.07. The highest BCUT2D eigenvalue weighted by Gasteiger charge is 2.08. The van der Waals surface area contributed by atoms with Gasteiger partial charge in [-0.25, -0.2) is 0 Å². The summed E-state index contributed by atoms with van der Waals surface area (Å²) in [6.45, 7) is 3.69.